The Hall–Kier alpha value is -1.56. The van der Waals surface area contributed by atoms with E-state index in [1.165, 1.54) is 0 Å². The third-order valence-electron chi connectivity index (χ3n) is 2.48. The van der Waals surface area contributed by atoms with Gasteiger partial charge in [0.2, 0.25) is 0 Å². The lowest BCUT2D eigenvalue weighted by Crippen LogP contribution is -2.35. The first kappa shape index (κ1) is 9.01. The van der Waals surface area contributed by atoms with Crippen LogP contribution in [0.5, 0.6) is 0 Å². The number of aliphatic carboxylic acids is 1. The van der Waals surface area contributed by atoms with Gasteiger partial charge in [-0.2, -0.15) is 0 Å². The van der Waals surface area contributed by atoms with Crippen LogP contribution < -0.4 is 5.56 Å². The van der Waals surface area contributed by atoms with E-state index in [4.69, 9.17) is 5.11 Å². The van der Waals surface area contributed by atoms with E-state index in [9.17, 15) is 9.59 Å². The molecule has 0 saturated carbocycles. The number of hydrogen-bond acceptors (Lipinski definition) is 3. The van der Waals surface area contributed by atoms with Gasteiger partial charge in [0, 0.05) is 13.1 Å². The van der Waals surface area contributed by atoms with Crippen LogP contribution in [0, 0.1) is 0 Å². The number of nitrogens with one attached hydrogen (secondary N) is 2. The summed E-state index contributed by atoms with van der Waals surface area (Å²) in [6, 6.07) is 0. The van der Waals surface area contributed by atoms with Crippen molar-refractivity contribution >= 4 is 5.97 Å². The van der Waals surface area contributed by atoms with Crippen molar-refractivity contribution < 1.29 is 9.90 Å². The van der Waals surface area contributed by atoms with Crippen molar-refractivity contribution in [1.82, 2.24) is 15.1 Å². The van der Waals surface area contributed by atoms with E-state index in [0.717, 1.165) is 0 Å². The van der Waals surface area contributed by atoms with Gasteiger partial charge in [-0.15, -0.1) is 0 Å². The second kappa shape index (κ2) is 2.98. The molecule has 0 aromatic carbocycles. The number of aromatic nitrogens is 2. The summed E-state index contributed by atoms with van der Waals surface area (Å²) in [4.78, 5) is 24.0. The van der Waals surface area contributed by atoms with Crippen molar-refractivity contribution in [2.45, 2.75) is 12.5 Å². The average molecular weight is 197 g/mol. The number of likely N-dealkylation sites (N-methyl/N-ethyl adjacent to an activating group) is 1. The van der Waals surface area contributed by atoms with E-state index in [-0.39, 0.29) is 5.56 Å². The van der Waals surface area contributed by atoms with Crippen molar-refractivity contribution in [3.05, 3.63) is 21.6 Å². The summed E-state index contributed by atoms with van der Waals surface area (Å²) in [7, 11) is 1.80. The minimum absolute atomic E-state index is 0.224. The molecular formula is C8H11N3O3. The molecule has 0 amide bonds. The molecular weight excluding hydrogens is 186 g/mol. The number of hydrogen-bond donors (Lipinski definition) is 3. The number of rotatable bonds is 1. The zero-order valence-corrected chi connectivity index (χ0v) is 7.70. The Morgan fingerprint density at radius 2 is 2.29 bits per heavy atom. The van der Waals surface area contributed by atoms with Crippen LogP contribution in [0.25, 0.3) is 0 Å². The van der Waals surface area contributed by atoms with Gasteiger partial charge in [0.25, 0.3) is 5.56 Å². The Labute approximate surface area is 79.5 Å². The summed E-state index contributed by atoms with van der Waals surface area (Å²) < 4.78 is 0. The second-order valence-electron chi connectivity index (χ2n) is 3.56. The van der Waals surface area contributed by atoms with Crippen LogP contribution in [0.3, 0.4) is 0 Å². The van der Waals surface area contributed by atoms with Gasteiger partial charge in [0.1, 0.15) is 5.92 Å². The predicted molar refractivity (Wildman–Crippen MR) is 48.1 cm³/mol. The molecule has 1 aromatic rings. The van der Waals surface area contributed by atoms with Gasteiger partial charge < -0.3 is 15.1 Å². The molecule has 3 N–H and O–H groups in total. The highest BCUT2D eigenvalue weighted by molar-refractivity contribution is 5.76. The molecule has 0 bridgehead atoms. The van der Waals surface area contributed by atoms with Crippen molar-refractivity contribution in [1.29, 1.82) is 0 Å². The van der Waals surface area contributed by atoms with Crippen LogP contribution in [-0.2, 0) is 11.3 Å². The molecule has 76 valence electrons. The average Bonchev–Trinajstić information content (AvgIpc) is 2.47. The minimum Gasteiger partial charge on any atom is -0.481 e. The number of carboxylic acid groups (broad SMARTS) is 1. The highest BCUT2D eigenvalue weighted by Gasteiger charge is 2.31. The lowest BCUT2D eigenvalue weighted by molar-refractivity contribution is -0.139. The van der Waals surface area contributed by atoms with Gasteiger partial charge in [0.05, 0.1) is 11.3 Å². The smallest absolute Gasteiger partial charge is 0.313 e. The number of aromatic amines is 2. The van der Waals surface area contributed by atoms with Gasteiger partial charge in [-0.05, 0) is 7.05 Å². The van der Waals surface area contributed by atoms with E-state index in [1.807, 2.05) is 4.90 Å². The van der Waals surface area contributed by atoms with Crippen molar-refractivity contribution in [3.8, 4) is 0 Å². The molecule has 0 saturated heterocycles. The summed E-state index contributed by atoms with van der Waals surface area (Å²) in [5.41, 5.74) is 0.824. The Bertz CT molecular complexity index is 420. The van der Waals surface area contributed by atoms with Gasteiger partial charge in [0.15, 0.2) is 0 Å². The van der Waals surface area contributed by atoms with E-state index < -0.39 is 11.9 Å². The molecule has 6 nitrogen and oxygen atoms in total. The van der Waals surface area contributed by atoms with E-state index in [1.54, 1.807) is 7.05 Å². The van der Waals surface area contributed by atoms with E-state index >= 15 is 0 Å². The van der Waals surface area contributed by atoms with E-state index in [0.29, 0.717) is 24.3 Å². The topological polar surface area (TPSA) is 89.2 Å². The number of fused-ring (bicyclic) bond motifs is 1. The van der Waals surface area contributed by atoms with Crippen molar-refractivity contribution in [2.75, 3.05) is 13.6 Å². The van der Waals surface area contributed by atoms with Crippen LogP contribution in [0.1, 0.15) is 17.2 Å². The van der Waals surface area contributed by atoms with Crippen molar-refractivity contribution in [2.24, 2.45) is 0 Å². The Morgan fingerprint density at radius 3 is 2.93 bits per heavy atom. The molecule has 2 rings (SSSR count). The first-order valence-electron chi connectivity index (χ1n) is 4.30. The third kappa shape index (κ3) is 1.24. The van der Waals surface area contributed by atoms with Gasteiger partial charge in [-0.3, -0.25) is 14.7 Å². The summed E-state index contributed by atoms with van der Waals surface area (Å²) in [5.74, 6) is -1.55. The van der Waals surface area contributed by atoms with Gasteiger partial charge >= 0.3 is 5.97 Å². The monoisotopic (exact) mass is 197 g/mol. The molecule has 0 aliphatic carbocycles. The summed E-state index contributed by atoms with van der Waals surface area (Å²) in [5, 5.41) is 14.0. The molecule has 2 heterocycles. The number of carbonyl (C=O) groups is 1. The number of nitrogens with zero attached hydrogens (tertiary/aromatic N) is 1. The third-order valence-corrected chi connectivity index (χ3v) is 2.48. The van der Waals surface area contributed by atoms with E-state index in [2.05, 4.69) is 10.2 Å². The standard InChI is InChI=1S/C8H11N3O3/c1-11-2-4-6(9-10-7(4)12)5(3-11)8(13)14/h5H,2-3H2,1H3,(H,13,14)(H2,9,10,12). The molecule has 0 radical (unpaired) electrons. The fourth-order valence-electron chi connectivity index (χ4n) is 1.79. The normalized spacial score (nSPS) is 21.9. The first-order chi connectivity index (χ1) is 6.59. The number of carboxylic acids is 1. The Morgan fingerprint density at radius 1 is 1.57 bits per heavy atom. The molecule has 6 heteroatoms. The predicted octanol–water partition coefficient (Wildman–Crippen LogP) is -0.683. The molecule has 0 spiro atoms. The fourth-order valence-corrected chi connectivity index (χ4v) is 1.79. The van der Waals surface area contributed by atoms with Crippen LogP contribution in [-0.4, -0.2) is 39.8 Å². The van der Waals surface area contributed by atoms with Crippen LogP contribution in [0.2, 0.25) is 0 Å². The maximum Gasteiger partial charge on any atom is 0.313 e. The van der Waals surface area contributed by atoms with Crippen LogP contribution in [0.15, 0.2) is 4.79 Å². The highest BCUT2D eigenvalue weighted by atomic mass is 16.4. The quantitative estimate of drug-likeness (QED) is 0.556. The zero-order chi connectivity index (χ0) is 10.3. The molecule has 1 unspecified atom stereocenters. The largest absolute Gasteiger partial charge is 0.481 e. The maximum absolute atomic E-state index is 11.3. The summed E-state index contributed by atoms with van der Waals surface area (Å²) >= 11 is 0. The molecule has 1 atom stereocenters. The molecule has 0 fully saturated rings. The van der Waals surface area contributed by atoms with Crippen molar-refractivity contribution in [3.63, 3.8) is 0 Å². The first-order valence-corrected chi connectivity index (χ1v) is 4.30. The van der Waals surface area contributed by atoms with Gasteiger partial charge in [-0.25, -0.2) is 0 Å². The highest BCUT2D eigenvalue weighted by Crippen LogP contribution is 2.23. The zero-order valence-electron chi connectivity index (χ0n) is 7.70. The maximum atomic E-state index is 11.3. The molecule has 1 aliphatic heterocycles. The minimum atomic E-state index is -0.909. The van der Waals surface area contributed by atoms with Gasteiger partial charge in [-0.1, -0.05) is 0 Å². The van der Waals surface area contributed by atoms with Crippen LogP contribution >= 0.6 is 0 Å². The molecule has 14 heavy (non-hydrogen) atoms. The Balaban J connectivity index is 2.50. The molecule has 1 aromatic heterocycles. The summed E-state index contributed by atoms with van der Waals surface area (Å²) in [6.07, 6.45) is 0. The SMILES string of the molecule is CN1Cc2c([nH][nH]c2=O)C(C(=O)O)C1. The van der Waals surface area contributed by atoms with Crippen LogP contribution in [0.4, 0.5) is 0 Å². The Kier molecular flexibility index (Phi) is 1.92. The molecule has 1 aliphatic rings. The lowest BCUT2D eigenvalue weighted by atomic mass is 9.97. The second-order valence-corrected chi connectivity index (χ2v) is 3.56. The number of H-pyrrole nitrogens is 2. The summed E-state index contributed by atoms with van der Waals surface area (Å²) in [6.45, 7) is 0.925. The fraction of sp³-hybridized carbons (Fsp3) is 0.500. The lowest BCUT2D eigenvalue weighted by Gasteiger charge is -2.26.